The number of hydrazone groups is 1. The van der Waals surface area contributed by atoms with Crippen molar-refractivity contribution in [3.63, 3.8) is 0 Å². The Morgan fingerprint density at radius 3 is 2.65 bits per heavy atom. The fourth-order valence-electron chi connectivity index (χ4n) is 1.99. The molecule has 1 unspecified atom stereocenters. The van der Waals surface area contributed by atoms with E-state index in [2.05, 4.69) is 15.8 Å². The van der Waals surface area contributed by atoms with Gasteiger partial charge in [0.1, 0.15) is 6.04 Å². The number of benzene rings is 2. The van der Waals surface area contributed by atoms with Crippen molar-refractivity contribution in [3.05, 3.63) is 62.1 Å². The molecule has 2 N–H and O–H groups in total. The lowest BCUT2D eigenvalue weighted by Gasteiger charge is -2.14. The van der Waals surface area contributed by atoms with Gasteiger partial charge in [-0.05, 0) is 42.5 Å². The third-order valence-corrected chi connectivity index (χ3v) is 3.69. The summed E-state index contributed by atoms with van der Waals surface area (Å²) < 4.78 is 0. The normalized spacial score (nSPS) is 12.0. The topological polar surface area (TPSA) is 120 Å². The number of carbonyl (C=O) groups is 1. The number of carbonyl (C=O) groups excluding carboxylic acids is 1. The van der Waals surface area contributed by atoms with Crippen LogP contribution in [0.15, 0.2) is 41.5 Å². The van der Waals surface area contributed by atoms with Crippen LogP contribution in [0.4, 0.5) is 11.4 Å². The van der Waals surface area contributed by atoms with Gasteiger partial charge in [-0.3, -0.25) is 14.9 Å². The third-order valence-electron chi connectivity index (χ3n) is 3.24. The number of hydrogen-bond acceptors (Lipinski definition) is 6. The lowest BCUT2D eigenvalue weighted by Crippen LogP contribution is -2.34. The SMILES string of the molecule is CC(Nc1cccc(Cl)c1)C(=O)NN=Cc1cc(Cl)cc([N+](=O)[O-])c1[O-]. The van der Waals surface area contributed by atoms with Crippen molar-refractivity contribution in [2.24, 2.45) is 5.10 Å². The van der Waals surface area contributed by atoms with Crippen LogP contribution in [0, 0.1) is 10.1 Å². The Hall–Kier alpha value is -2.84. The van der Waals surface area contributed by atoms with Gasteiger partial charge in [0.25, 0.3) is 11.6 Å². The van der Waals surface area contributed by atoms with E-state index >= 15 is 0 Å². The molecular formula is C16H13Cl2N4O4-. The molecule has 2 aromatic carbocycles. The van der Waals surface area contributed by atoms with Crippen LogP contribution in [-0.4, -0.2) is 23.1 Å². The van der Waals surface area contributed by atoms with Crippen molar-refractivity contribution in [1.29, 1.82) is 0 Å². The van der Waals surface area contributed by atoms with E-state index in [4.69, 9.17) is 23.2 Å². The van der Waals surface area contributed by atoms with Gasteiger partial charge in [0, 0.05) is 21.8 Å². The van der Waals surface area contributed by atoms with E-state index in [-0.39, 0.29) is 10.6 Å². The second kappa shape index (κ2) is 8.50. The summed E-state index contributed by atoms with van der Waals surface area (Å²) in [6.07, 6.45) is 1.01. The van der Waals surface area contributed by atoms with Crippen LogP contribution in [0.3, 0.4) is 0 Å². The molecule has 2 aromatic rings. The van der Waals surface area contributed by atoms with E-state index in [1.165, 1.54) is 6.07 Å². The number of hydrogen-bond donors (Lipinski definition) is 2. The lowest BCUT2D eigenvalue weighted by atomic mass is 10.2. The molecule has 1 atom stereocenters. The number of nitro benzene ring substituents is 1. The minimum absolute atomic E-state index is 0.0140. The fraction of sp³-hybridized carbons (Fsp3) is 0.125. The highest BCUT2D eigenvalue weighted by molar-refractivity contribution is 6.31. The number of nitrogens with zero attached hydrogens (tertiary/aromatic N) is 2. The van der Waals surface area contributed by atoms with E-state index in [0.29, 0.717) is 10.7 Å². The summed E-state index contributed by atoms with van der Waals surface area (Å²) in [6, 6.07) is 8.36. The monoisotopic (exact) mass is 395 g/mol. The number of halogens is 2. The van der Waals surface area contributed by atoms with E-state index in [9.17, 15) is 20.0 Å². The first kappa shape index (κ1) is 19.5. The second-order valence-corrected chi connectivity index (χ2v) is 6.08. The number of rotatable bonds is 6. The van der Waals surface area contributed by atoms with Crippen molar-refractivity contribution in [2.45, 2.75) is 13.0 Å². The summed E-state index contributed by atoms with van der Waals surface area (Å²) >= 11 is 11.6. The fourth-order valence-corrected chi connectivity index (χ4v) is 2.40. The zero-order chi connectivity index (χ0) is 19.3. The van der Waals surface area contributed by atoms with Crippen LogP contribution in [0.2, 0.25) is 10.0 Å². The quantitative estimate of drug-likeness (QED) is 0.442. The summed E-state index contributed by atoms with van der Waals surface area (Å²) in [4.78, 5) is 22.0. The van der Waals surface area contributed by atoms with Crippen LogP contribution >= 0.6 is 23.2 Å². The van der Waals surface area contributed by atoms with Gasteiger partial charge in [0.15, 0.2) is 0 Å². The van der Waals surface area contributed by atoms with Crippen molar-refractivity contribution < 1.29 is 14.8 Å². The highest BCUT2D eigenvalue weighted by Gasteiger charge is 2.13. The van der Waals surface area contributed by atoms with Crippen molar-refractivity contribution >= 4 is 46.7 Å². The standard InChI is InChI=1S/C16H14Cl2N4O4/c1-9(20-13-4-2-3-11(17)6-13)16(24)21-19-8-10-5-12(18)7-14(15(10)23)22(25)26/h2-9,20,23H,1H3,(H,21,24)/p-1. The van der Waals surface area contributed by atoms with Gasteiger partial charge in [-0.25, -0.2) is 5.43 Å². The first-order valence-electron chi connectivity index (χ1n) is 7.28. The van der Waals surface area contributed by atoms with Gasteiger partial charge in [-0.1, -0.05) is 29.3 Å². The van der Waals surface area contributed by atoms with E-state index in [1.54, 1.807) is 31.2 Å². The zero-order valence-corrected chi connectivity index (χ0v) is 14.9. The molecule has 26 heavy (non-hydrogen) atoms. The first-order valence-corrected chi connectivity index (χ1v) is 8.03. The number of nitrogens with one attached hydrogen (secondary N) is 2. The van der Waals surface area contributed by atoms with Crippen molar-refractivity contribution in [1.82, 2.24) is 5.43 Å². The Labute approximate surface area is 158 Å². The summed E-state index contributed by atoms with van der Waals surface area (Å²) in [5.41, 5.74) is 2.12. The molecule has 0 bridgehead atoms. The smallest absolute Gasteiger partial charge is 0.263 e. The molecule has 136 valence electrons. The highest BCUT2D eigenvalue weighted by atomic mass is 35.5. The predicted octanol–water partition coefficient (Wildman–Crippen LogP) is 2.93. The molecule has 2 rings (SSSR count). The van der Waals surface area contributed by atoms with Crippen molar-refractivity contribution in [2.75, 3.05) is 5.32 Å². The maximum atomic E-state index is 12.0. The first-order chi connectivity index (χ1) is 12.3. The Balaban J connectivity index is 2.03. The Kier molecular flexibility index (Phi) is 6.37. The Bertz CT molecular complexity index is 873. The van der Waals surface area contributed by atoms with Crippen LogP contribution in [0.25, 0.3) is 0 Å². The molecule has 8 nitrogen and oxygen atoms in total. The Morgan fingerprint density at radius 1 is 1.27 bits per heavy atom. The number of anilines is 1. The molecule has 0 heterocycles. The lowest BCUT2D eigenvalue weighted by molar-refractivity contribution is -0.398. The molecule has 1 amide bonds. The highest BCUT2D eigenvalue weighted by Crippen LogP contribution is 2.29. The number of amides is 1. The summed E-state index contributed by atoms with van der Waals surface area (Å²) in [5.74, 6) is -1.33. The maximum absolute atomic E-state index is 12.0. The Morgan fingerprint density at radius 2 is 2.00 bits per heavy atom. The minimum atomic E-state index is -0.845. The van der Waals surface area contributed by atoms with E-state index < -0.39 is 28.3 Å². The number of nitro groups is 1. The third kappa shape index (κ3) is 5.08. The van der Waals surface area contributed by atoms with Gasteiger partial charge in [0.05, 0.1) is 11.1 Å². The molecule has 0 saturated heterocycles. The van der Waals surface area contributed by atoms with Crippen LogP contribution in [0.5, 0.6) is 5.75 Å². The summed E-state index contributed by atoms with van der Waals surface area (Å²) in [6.45, 7) is 1.61. The van der Waals surface area contributed by atoms with Crippen LogP contribution in [-0.2, 0) is 4.79 Å². The molecular weight excluding hydrogens is 383 g/mol. The minimum Gasteiger partial charge on any atom is -0.867 e. The van der Waals surface area contributed by atoms with Gasteiger partial charge in [-0.2, -0.15) is 5.10 Å². The molecule has 0 spiro atoms. The molecule has 0 aromatic heterocycles. The van der Waals surface area contributed by atoms with Crippen LogP contribution < -0.4 is 15.8 Å². The van der Waals surface area contributed by atoms with Crippen molar-refractivity contribution in [3.8, 4) is 5.75 Å². The molecule has 0 saturated carbocycles. The zero-order valence-electron chi connectivity index (χ0n) is 13.4. The van der Waals surface area contributed by atoms with Gasteiger partial charge in [0.2, 0.25) is 0 Å². The summed E-state index contributed by atoms with van der Waals surface area (Å²) in [5, 5.41) is 29.8. The molecule has 0 aliphatic heterocycles. The average molecular weight is 396 g/mol. The van der Waals surface area contributed by atoms with Gasteiger partial charge in [-0.15, -0.1) is 0 Å². The molecule has 0 aliphatic rings. The molecule has 10 heteroatoms. The second-order valence-electron chi connectivity index (χ2n) is 5.21. The van der Waals surface area contributed by atoms with E-state index in [0.717, 1.165) is 12.3 Å². The summed E-state index contributed by atoms with van der Waals surface area (Å²) in [7, 11) is 0. The van der Waals surface area contributed by atoms with Gasteiger partial charge >= 0.3 is 0 Å². The maximum Gasteiger partial charge on any atom is 0.263 e. The molecule has 0 fully saturated rings. The van der Waals surface area contributed by atoms with Crippen LogP contribution in [0.1, 0.15) is 12.5 Å². The average Bonchev–Trinajstić information content (AvgIpc) is 2.57. The molecule has 0 radical (unpaired) electrons. The van der Waals surface area contributed by atoms with E-state index in [1.807, 2.05) is 0 Å². The molecule has 0 aliphatic carbocycles. The van der Waals surface area contributed by atoms with Gasteiger partial charge < -0.3 is 10.4 Å². The predicted molar refractivity (Wildman–Crippen MR) is 97.8 cm³/mol. The largest absolute Gasteiger partial charge is 0.867 e.